The molecule has 0 saturated carbocycles. The van der Waals surface area contributed by atoms with Crippen molar-refractivity contribution in [3.63, 3.8) is 0 Å². The molecular formula is C19H37NO2. The molecule has 0 rings (SSSR count). The number of carbonyl (C=O) groups is 1. The van der Waals surface area contributed by atoms with E-state index in [1.165, 1.54) is 51.4 Å². The summed E-state index contributed by atoms with van der Waals surface area (Å²) in [5.74, 6) is -0.761. The number of rotatable bonds is 15. The van der Waals surface area contributed by atoms with Crippen molar-refractivity contribution in [2.45, 2.75) is 91.4 Å². The Kier molecular flexibility index (Phi) is 14.3. The van der Waals surface area contributed by atoms with Gasteiger partial charge < -0.3 is 10.0 Å². The molecule has 0 aromatic rings. The highest BCUT2D eigenvalue weighted by Crippen LogP contribution is 2.14. The third kappa shape index (κ3) is 11.6. The van der Waals surface area contributed by atoms with E-state index in [0.717, 1.165) is 25.9 Å². The van der Waals surface area contributed by atoms with Gasteiger partial charge in [-0.2, -0.15) is 0 Å². The van der Waals surface area contributed by atoms with Gasteiger partial charge in [0.2, 0.25) is 0 Å². The summed E-state index contributed by atoms with van der Waals surface area (Å²) < 4.78 is 0. The summed E-state index contributed by atoms with van der Waals surface area (Å²) in [6.07, 6.45) is 15.4. The standard InChI is InChI=1S/C19H37NO2/c1-4-7-8-9-10-11-12-13-14-15-16-18(19(21)22)17-20(5-2)6-3/h17H,4-16H2,1-3H3,(H,21,22). The highest BCUT2D eigenvalue weighted by atomic mass is 16.4. The molecule has 0 spiro atoms. The first kappa shape index (κ1) is 21.0. The number of carboxylic acid groups (broad SMARTS) is 1. The Morgan fingerprint density at radius 2 is 1.27 bits per heavy atom. The molecule has 1 N–H and O–H groups in total. The molecule has 22 heavy (non-hydrogen) atoms. The number of hydrogen-bond donors (Lipinski definition) is 1. The maximum Gasteiger partial charge on any atom is 0.333 e. The van der Waals surface area contributed by atoms with Crippen LogP contribution >= 0.6 is 0 Å². The van der Waals surface area contributed by atoms with Crippen molar-refractivity contribution in [2.75, 3.05) is 13.1 Å². The first-order valence-electron chi connectivity index (χ1n) is 9.33. The second kappa shape index (κ2) is 14.9. The van der Waals surface area contributed by atoms with Crippen LogP contribution in [-0.2, 0) is 4.79 Å². The quantitative estimate of drug-likeness (QED) is 0.316. The third-order valence-corrected chi connectivity index (χ3v) is 4.23. The van der Waals surface area contributed by atoms with Crippen molar-refractivity contribution in [1.82, 2.24) is 4.90 Å². The van der Waals surface area contributed by atoms with Crippen molar-refractivity contribution in [2.24, 2.45) is 0 Å². The summed E-state index contributed by atoms with van der Waals surface area (Å²) in [5.41, 5.74) is 0.559. The number of hydrogen-bond acceptors (Lipinski definition) is 2. The van der Waals surface area contributed by atoms with Crippen LogP contribution in [-0.4, -0.2) is 29.1 Å². The van der Waals surface area contributed by atoms with E-state index in [9.17, 15) is 9.90 Å². The Labute approximate surface area is 137 Å². The van der Waals surface area contributed by atoms with E-state index < -0.39 is 5.97 Å². The van der Waals surface area contributed by atoms with Gasteiger partial charge in [0.1, 0.15) is 0 Å². The average Bonchev–Trinajstić information content (AvgIpc) is 2.51. The number of unbranched alkanes of at least 4 members (excludes halogenated alkanes) is 9. The second-order valence-corrected chi connectivity index (χ2v) is 6.11. The average molecular weight is 312 g/mol. The fraction of sp³-hybridized carbons (Fsp3) is 0.842. The predicted octanol–water partition coefficient (Wildman–Crippen LogP) is 5.61. The van der Waals surface area contributed by atoms with Crippen LogP contribution in [0.25, 0.3) is 0 Å². The number of nitrogens with zero attached hydrogens (tertiary/aromatic N) is 1. The summed E-state index contributed by atoms with van der Waals surface area (Å²) >= 11 is 0. The van der Waals surface area contributed by atoms with E-state index in [1.807, 2.05) is 6.20 Å². The molecule has 0 unspecified atom stereocenters. The van der Waals surface area contributed by atoms with Gasteiger partial charge in [0, 0.05) is 19.3 Å². The molecule has 0 amide bonds. The molecule has 3 heteroatoms. The van der Waals surface area contributed by atoms with E-state index in [2.05, 4.69) is 25.7 Å². The molecule has 130 valence electrons. The zero-order valence-electron chi connectivity index (χ0n) is 15.1. The lowest BCUT2D eigenvalue weighted by molar-refractivity contribution is -0.132. The summed E-state index contributed by atoms with van der Waals surface area (Å²) in [6, 6.07) is 0. The van der Waals surface area contributed by atoms with Gasteiger partial charge in [-0.3, -0.25) is 0 Å². The summed E-state index contributed by atoms with van der Waals surface area (Å²) in [4.78, 5) is 13.3. The lowest BCUT2D eigenvalue weighted by Gasteiger charge is -2.16. The van der Waals surface area contributed by atoms with Gasteiger partial charge in [-0.15, -0.1) is 0 Å². The molecule has 0 saturated heterocycles. The van der Waals surface area contributed by atoms with Crippen molar-refractivity contribution in [3.8, 4) is 0 Å². The molecule has 0 radical (unpaired) electrons. The SMILES string of the molecule is CCCCCCCCCCCCC(=CN(CC)CC)C(=O)O. The molecule has 0 atom stereocenters. The van der Waals surface area contributed by atoms with Crippen molar-refractivity contribution >= 4 is 5.97 Å². The minimum Gasteiger partial charge on any atom is -0.478 e. The zero-order valence-corrected chi connectivity index (χ0v) is 15.1. The van der Waals surface area contributed by atoms with Crippen molar-refractivity contribution < 1.29 is 9.90 Å². The van der Waals surface area contributed by atoms with Crippen LogP contribution in [0.2, 0.25) is 0 Å². The predicted molar refractivity (Wildman–Crippen MR) is 95.1 cm³/mol. The molecule has 0 aliphatic rings. The smallest absolute Gasteiger partial charge is 0.333 e. The zero-order chi connectivity index (χ0) is 16.6. The lowest BCUT2D eigenvalue weighted by atomic mass is 10.0. The first-order chi connectivity index (χ1) is 10.7. The maximum absolute atomic E-state index is 11.3. The minimum atomic E-state index is -0.761. The Hall–Kier alpha value is -0.990. The van der Waals surface area contributed by atoms with Crippen molar-refractivity contribution in [3.05, 3.63) is 11.8 Å². The second-order valence-electron chi connectivity index (χ2n) is 6.11. The van der Waals surface area contributed by atoms with Gasteiger partial charge in [0.05, 0.1) is 5.57 Å². The third-order valence-electron chi connectivity index (χ3n) is 4.23. The molecule has 0 heterocycles. The number of aliphatic carboxylic acids is 1. The van der Waals surface area contributed by atoms with Gasteiger partial charge in [-0.1, -0.05) is 64.7 Å². The Morgan fingerprint density at radius 3 is 1.68 bits per heavy atom. The fourth-order valence-electron chi connectivity index (χ4n) is 2.66. The molecule has 0 aliphatic heterocycles. The first-order valence-corrected chi connectivity index (χ1v) is 9.33. The molecule has 0 fully saturated rings. The molecule has 0 aromatic carbocycles. The molecule has 0 bridgehead atoms. The normalized spacial score (nSPS) is 11.7. The monoisotopic (exact) mass is 311 g/mol. The van der Waals surface area contributed by atoms with Crippen LogP contribution in [0.4, 0.5) is 0 Å². The maximum atomic E-state index is 11.3. The largest absolute Gasteiger partial charge is 0.478 e. The van der Waals surface area contributed by atoms with Gasteiger partial charge in [-0.05, 0) is 26.7 Å². The van der Waals surface area contributed by atoms with Gasteiger partial charge >= 0.3 is 5.97 Å². The van der Waals surface area contributed by atoms with Crippen LogP contribution in [0.1, 0.15) is 91.4 Å². The fourth-order valence-corrected chi connectivity index (χ4v) is 2.66. The van der Waals surface area contributed by atoms with Crippen LogP contribution < -0.4 is 0 Å². The molecule has 0 aromatic heterocycles. The number of carboxylic acids is 1. The van der Waals surface area contributed by atoms with E-state index in [-0.39, 0.29) is 0 Å². The highest BCUT2D eigenvalue weighted by Gasteiger charge is 2.08. The van der Waals surface area contributed by atoms with E-state index in [0.29, 0.717) is 12.0 Å². The molecular weight excluding hydrogens is 274 g/mol. The van der Waals surface area contributed by atoms with Gasteiger partial charge in [0.25, 0.3) is 0 Å². The van der Waals surface area contributed by atoms with Crippen LogP contribution in [0, 0.1) is 0 Å². The lowest BCUT2D eigenvalue weighted by Crippen LogP contribution is -2.18. The van der Waals surface area contributed by atoms with Gasteiger partial charge in [0.15, 0.2) is 0 Å². The highest BCUT2D eigenvalue weighted by molar-refractivity contribution is 5.86. The van der Waals surface area contributed by atoms with E-state index >= 15 is 0 Å². The van der Waals surface area contributed by atoms with E-state index in [1.54, 1.807) is 0 Å². The topological polar surface area (TPSA) is 40.5 Å². The Morgan fingerprint density at radius 1 is 0.818 bits per heavy atom. The van der Waals surface area contributed by atoms with Crippen LogP contribution in [0.3, 0.4) is 0 Å². The summed E-state index contributed by atoms with van der Waals surface area (Å²) in [5, 5.41) is 9.26. The minimum absolute atomic E-state index is 0.559. The molecule has 0 aliphatic carbocycles. The summed E-state index contributed by atoms with van der Waals surface area (Å²) in [7, 11) is 0. The Bertz CT molecular complexity index is 296. The van der Waals surface area contributed by atoms with Crippen LogP contribution in [0.15, 0.2) is 11.8 Å². The van der Waals surface area contributed by atoms with E-state index in [4.69, 9.17) is 0 Å². The van der Waals surface area contributed by atoms with Crippen molar-refractivity contribution in [1.29, 1.82) is 0 Å². The van der Waals surface area contributed by atoms with Crippen LogP contribution in [0.5, 0.6) is 0 Å². The molecule has 3 nitrogen and oxygen atoms in total. The Balaban J connectivity index is 3.71. The summed E-state index contributed by atoms with van der Waals surface area (Å²) in [6.45, 7) is 8.09. The van der Waals surface area contributed by atoms with Gasteiger partial charge in [-0.25, -0.2) is 4.79 Å².